The first-order chi connectivity index (χ1) is 13.2. The topological polar surface area (TPSA) is 75.4 Å². The molecule has 154 valence electrons. The summed E-state index contributed by atoms with van der Waals surface area (Å²) in [5.41, 5.74) is -1.71. The Kier molecular flexibility index (Phi) is 7.36. The lowest BCUT2D eigenvalue weighted by molar-refractivity contribution is -0.151. The summed E-state index contributed by atoms with van der Waals surface area (Å²) in [4.78, 5) is 24.0. The molecule has 0 bridgehead atoms. The van der Waals surface area contributed by atoms with Gasteiger partial charge in [-0.2, -0.15) is 13.5 Å². The molecule has 0 saturated heterocycles. The molecule has 2 rings (SSSR count). The van der Waals surface area contributed by atoms with Crippen LogP contribution in [-0.4, -0.2) is 38.9 Å². The largest absolute Gasteiger partial charge is 0.477 e. The highest BCUT2D eigenvalue weighted by molar-refractivity contribution is 6.32. The van der Waals surface area contributed by atoms with Crippen LogP contribution in [0.2, 0.25) is 5.02 Å². The van der Waals surface area contributed by atoms with Gasteiger partial charge >= 0.3 is 18.2 Å². The zero-order chi connectivity index (χ0) is 21.0. The molecule has 1 aromatic heterocycles. The van der Waals surface area contributed by atoms with Gasteiger partial charge in [0.1, 0.15) is 17.3 Å². The fraction of sp³-hybridized carbons (Fsp3) is 0.438. The lowest BCUT2D eigenvalue weighted by Crippen LogP contribution is -2.27. The second-order valence-corrected chi connectivity index (χ2v) is 6.38. The van der Waals surface area contributed by atoms with Crippen molar-refractivity contribution < 1.29 is 27.4 Å². The molecular formula is C16H16Cl2F3N3O4. The summed E-state index contributed by atoms with van der Waals surface area (Å²) in [5.74, 6) is -1.85. The molecule has 7 nitrogen and oxygen atoms in total. The van der Waals surface area contributed by atoms with E-state index in [1.807, 2.05) is 0 Å². The Morgan fingerprint density at radius 2 is 2.04 bits per heavy atom. The zero-order valence-corrected chi connectivity index (χ0v) is 16.3. The number of ether oxygens (including phenoxy) is 2. The third-order valence-corrected chi connectivity index (χ3v) is 4.13. The second kappa shape index (κ2) is 9.33. The van der Waals surface area contributed by atoms with Gasteiger partial charge in [-0.3, -0.25) is 0 Å². The maximum absolute atomic E-state index is 14.3. The summed E-state index contributed by atoms with van der Waals surface area (Å²) in [6, 6.07) is 1.81. The predicted molar refractivity (Wildman–Crippen MR) is 95.2 cm³/mol. The number of aromatic nitrogens is 3. The number of aryl methyl sites for hydroxylation is 1. The van der Waals surface area contributed by atoms with Crippen LogP contribution in [0.5, 0.6) is 5.75 Å². The van der Waals surface area contributed by atoms with E-state index in [2.05, 4.69) is 5.10 Å². The molecule has 0 aliphatic heterocycles. The highest BCUT2D eigenvalue weighted by atomic mass is 35.5. The van der Waals surface area contributed by atoms with Crippen LogP contribution in [0.4, 0.5) is 13.2 Å². The van der Waals surface area contributed by atoms with E-state index >= 15 is 0 Å². The molecular weight excluding hydrogens is 426 g/mol. The number of hydrogen-bond acceptors (Lipinski definition) is 5. The van der Waals surface area contributed by atoms with Crippen molar-refractivity contribution in [2.45, 2.75) is 32.9 Å². The predicted octanol–water partition coefficient (Wildman–Crippen LogP) is 3.47. The molecule has 0 radical (unpaired) electrons. The van der Waals surface area contributed by atoms with Crippen LogP contribution in [0.15, 0.2) is 16.9 Å². The van der Waals surface area contributed by atoms with Gasteiger partial charge in [0.05, 0.1) is 11.6 Å². The average Bonchev–Trinajstić information content (AvgIpc) is 2.91. The van der Waals surface area contributed by atoms with Crippen LogP contribution in [0, 0.1) is 12.7 Å². The summed E-state index contributed by atoms with van der Waals surface area (Å²) < 4.78 is 51.1. The molecule has 28 heavy (non-hydrogen) atoms. The van der Waals surface area contributed by atoms with Gasteiger partial charge in [0.2, 0.25) is 0 Å². The van der Waals surface area contributed by atoms with Crippen LogP contribution in [0.3, 0.4) is 0 Å². The van der Waals surface area contributed by atoms with Crippen LogP contribution < -0.4 is 10.4 Å². The Bertz CT molecular complexity index is 917. The molecule has 2 aromatic rings. The maximum Gasteiger partial charge on any atom is 0.355 e. The fourth-order valence-corrected chi connectivity index (χ4v) is 2.52. The van der Waals surface area contributed by atoms with E-state index in [9.17, 15) is 22.8 Å². The molecule has 1 heterocycles. The van der Waals surface area contributed by atoms with Crippen molar-refractivity contribution in [2.24, 2.45) is 0 Å². The zero-order valence-electron chi connectivity index (χ0n) is 14.8. The first kappa shape index (κ1) is 22.1. The van der Waals surface area contributed by atoms with Crippen LogP contribution in [0.25, 0.3) is 5.69 Å². The van der Waals surface area contributed by atoms with Crippen molar-refractivity contribution in [1.82, 2.24) is 14.3 Å². The molecule has 1 aromatic carbocycles. The Morgan fingerprint density at radius 3 is 2.61 bits per heavy atom. The number of rotatable bonds is 8. The monoisotopic (exact) mass is 441 g/mol. The van der Waals surface area contributed by atoms with Gasteiger partial charge in [0.15, 0.2) is 11.9 Å². The molecule has 0 fully saturated rings. The van der Waals surface area contributed by atoms with Gasteiger partial charge in [0.25, 0.3) is 0 Å². The average molecular weight is 442 g/mol. The van der Waals surface area contributed by atoms with Crippen molar-refractivity contribution >= 4 is 29.2 Å². The van der Waals surface area contributed by atoms with E-state index in [0.717, 1.165) is 12.1 Å². The van der Waals surface area contributed by atoms with Crippen molar-refractivity contribution in [3.8, 4) is 11.4 Å². The first-order valence-electron chi connectivity index (χ1n) is 8.02. The van der Waals surface area contributed by atoms with Crippen molar-refractivity contribution in [1.29, 1.82) is 0 Å². The van der Waals surface area contributed by atoms with Gasteiger partial charge in [-0.15, -0.1) is 16.7 Å². The maximum atomic E-state index is 14.3. The molecule has 0 N–H and O–H groups in total. The smallest absolute Gasteiger partial charge is 0.355 e. The Morgan fingerprint density at radius 1 is 1.36 bits per heavy atom. The van der Waals surface area contributed by atoms with E-state index in [1.165, 1.54) is 13.8 Å². The van der Waals surface area contributed by atoms with Crippen molar-refractivity contribution in [3.63, 3.8) is 0 Å². The van der Waals surface area contributed by atoms with Gasteiger partial charge in [-0.1, -0.05) is 11.6 Å². The van der Waals surface area contributed by atoms with Gasteiger partial charge < -0.3 is 9.47 Å². The van der Waals surface area contributed by atoms with Crippen LogP contribution >= 0.6 is 23.2 Å². The van der Waals surface area contributed by atoms with Crippen molar-refractivity contribution in [2.75, 3.05) is 12.5 Å². The minimum absolute atomic E-state index is 0.0954. The Labute approximate surface area is 167 Å². The normalized spacial score (nSPS) is 12.3. The summed E-state index contributed by atoms with van der Waals surface area (Å²) in [5, 5.41) is 3.45. The molecule has 0 amide bonds. The number of carbonyl (C=O) groups excluding carboxylic acids is 1. The highest BCUT2D eigenvalue weighted by Gasteiger charge is 2.23. The minimum Gasteiger partial charge on any atom is -0.477 e. The van der Waals surface area contributed by atoms with Crippen LogP contribution in [-0.2, 0) is 9.53 Å². The Balaban J connectivity index is 2.34. The summed E-state index contributed by atoms with van der Waals surface area (Å²) in [6.07, 6.45) is -0.653. The van der Waals surface area contributed by atoms with Gasteiger partial charge in [-0.05, 0) is 26.3 Å². The van der Waals surface area contributed by atoms with E-state index in [4.69, 9.17) is 32.7 Å². The number of nitrogens with zero attached hydrogens (tertiary/aromatic N) is 3. The van der Waals surface area contributed by atoms with E-state index in [0.29, 0.717) is 17.0 Å². The van der Waals surface area contributed by atoms with E-state index in [-0.39, 0.29) is 27.8 Å². The van der Waals surface area contributed by atoms with E-state index < -0.39 is 35.8 Å². The number of alkyl halides is 3. The molecule has 0 aliphatic rings. The lowest BCUT2D eigenvalue weighted by Gasteiger charge is -2.16. The van der Waals surface area contributed by atoms with Crippen LogP contribution in [0.1, 0.15) is 25.7 Å². The third-order valence-electron chi connectivity index (χ3n) is 3.56. The summed E-state index contributed by atoms with van der Waals surface area (Å²) >= 11 is 11.4. The lowest BCUT2D eigenvalue weighted by atomic mass is 10.2. The minimum atomic E-state index is -3.14. The second-order valence-electron chi connectivity index (χ2n) is 5.59. The van der Waals surface area contributed by atoms with E-state index in [1.54, 1.807) is 0 Å². The molecule has 0 saturated carbocycles. The molecule has 12 heteroatoms. The molecule has 1 unspecified atom stereocenters. The highest BCUT2D eigenvalue weighted by Crippen LogP contribution is 2.30. The standard InChI is InChI=1S/C16H16Cl2F3N3O4/c1-8(14(25)27-5-3-4-17)28-13-7-12(11(19)6-10(13)18)24-16(26)23(15(20)21)9(2)22-24/h6-8,15H,3-5H2,1-2H3. The van der Waals surface area contributed by atoms with Gasteiger partial charge in [-0.25, -0.2) is 18.5 Å². The molecule has 1 atom stereocenters. The third kappa shape index (κ3) is 4.79. The van der Waals surface area contributed by atoms with Gasteiger partial charge in [0, 0.05) is 11.9 Å². The quantitative estimate of drug-likeness (QED) is 0.356. The molecule has 0 aliphatic carbocycles. The first-order valence-corrected chi connectivity index (χ1v) is 8.93. The van der Waals surface area contributed by atoms with Crippen molar-refractivity contribution in [3.05, 3.63) is 39.3 Å². The number of hydrogen-bond donors (Lipinski definition) is 0. The number of carbonyl (C=O) groups is 1. The molecule has 0 spiro atoms. The number of benzene rings is 1. The fourth-order valence-electron chi connectivity index (χ4n) is 2.21. The Hall–Kier alpha value is -2.20. The summed E-state index contributed by atoms with van der Waals surface area (Å²) in [7, 11) is 0. The number of esters is 1. The summed E-state index contributed by atoms with van der Waals surface area (Å²) in [6.45, 7) is -0.494. The number of halogens is 5. The SMILES string of the molecule is Cc1nn(-c2cc(OC(C)C(=O)OCCCCl)c(Cl)cc2F)c(=O)n1C(F)F.